The fraction of sp³-hybridized carbons (Fsp3) is 0.304. The molecule has 14 heteroatoms. The van der Waals surface area contributed by atoms with E-state index in [9.17, 15) is 32.7 Å². The zero-order valence-corrected chi connectivity index (χ0v) is 20.6. The number of nitrogens with two attached hydrogens (primary N) is 1. The van der Waals surface area contributed by atoms with Gasteiger partial charge in [-0.1, -0.05) is 41.4 Å². The number of alkyl halides is 3. The van der Waals surface area contributed by atoms with Crippen LogP contribution in [0.3, 0.4) is 0 Å². The molecule has 0 aliphatic heterocycles. The van der Waals surface area contributed by atoms with Crippen LogP contribution in [0.2, 0.25) is 10.0 Å². The quantitative estimate of drug-likeness (QED) is 0.350. The largest absolute Gasteiger partial charge is 0.416 e. The maximum atomic E-state index is 13.0. The van der Waals surface area contributed by atoms with Crippen molar-refractivity contribution in [3.63, 3.8) is 0 Å². The summed E-state index contributed by atoms with van der Waals surface area (Å²) in [6.45, 7) is -1.73. The normalized spacial score (nSPS) is 13.2. The summed E-state index contributed by atoms with van der Waals surface area (Å²) in [6.07, 6.45) is -8.01. The van der Waals surface area contributed by atoms with Crippen molar-refractivity contribution in [1.82, 2.24) is 19.7 Å². The van der Waals surface area contributed by atoms with Crippen LogP contribution in [0.4, 0.5) is 18.0 Å². The molecule has 2 atom stereocenters. The van der Waals surface area contributed by atoms with E-state index in [1.165, 1.54) is 24.3 Å². The summed E-state index contributed by atoms with van der Waals surface area (Å²) in [5.74, 6) is -1.30. The molecule has 2 aromatic carbocycles. The number of aliphatic hydroxyl groups is 1. The second kappa shape index (κ2) is 11.8. The van der Waals surface area contributed by atoms with Gasteiger partial charge in [0.2, 0.25) is 0 Å². The highest BCUT2D eigenvalue weighted by atomic mass is 35.5. The van der Waals surface area contributed by atoms with Gasteiger partial charge in [0.1, 0.15) is 6.54 Å². The number of hydrogen-bond acceptors (Lipinski definition) is 5. The van der Waals surface area contributed by atoms with E-state index in [-0.39, 0.29) is 24.4 Å². The standard InChI is InChI=1S/C23H22Cl2F3N5O4/c24-15-7-5-13(6-8-15)20-31-33(22(37)32(20)12-19(35)23(26,27)28)11-16(34)9-14(10-30-21(29)36)17-3-1-2-4-18(17)25/h1-8,14,19,35H,9-12H2,(H3,29,30,36)/t14?,19-/m0/s1. The topological polar surface area (TPSA) is 132 Å². The Morgan fingerprint density at radius 3 is 2.35 bits per heavy atom. The number of aliphatic hydroxyl groups excluding tert-OH is 1. The summed E-state index contributed by atoms with van der Waals surface area (Å²) < 4.78 is 40.4. The Labute approximate surface area is 218 Å². The molecule has 0 aliphatic rings. The Balaban J connectivity index is 1.92. The van der Waals surface area contributed by atoms with Crippen LogP contribution in [-0.4, -0.2) is 50.1 Å². The van der Waals surface area contributed by atoms with Crippen LogP contribution < -0.4 is 16.7 Å². The molecule has 0 saturated heterocycles. The van der Waals surface area contributed by atoms with Gasteiger partial charge in [-0.25, -0.2) is 14.3 Å². The van der Waals surface area contributed by atoms with Gasteiger partial charge in [0.15, 0.2) is 17.7 Å². The van der Waals surface area contributed by atoms with E-state index in [1.54, 1.807) is 24.3 Å². The molecule has 1 heterocycles. The summed E-state index contributed by atoms with van der Waals surface area (Å²) in [4.78, 5) is 37.1. The number of nitrogens with one attached hydrogen (secondary N) is 1. The van der Waals surface area contributed by atoms with E-state index in [2.05, 4.69) is 10.4 Å². The summed E-state index contributed by atoms with van der Waals surface area (Å²) in [5, 5.41) is 16.8. The number of nitrogens with zero attached hydrogens (tertiary/aromatic N) is 3. The lowest BCUT2D eigenvalue weighted by Crippen LogP contribution is -2.37. The van der Waals surface area contributed by atoms with Crippen molar-refractivity contribution in [2.45, 2.75) is 37.7 Å². The molecule has 0 bridgehead atoms. The lowest BCUT2D eigenvalue weighted by molar-refractivity contribution is -0.207. The summed E-state index contributed by atoms with van der Waals surface area (Å²) in [7, 11) is 0. The molecule has 0 saturated carbocycles. The smallest absolute Gasteiger partial charge is 0.382 e. The van der Waals surface area contributed by atoms with Crippen molar-refractivity contribution in [2.24, 2.45) is 5.73 Å². The van der Waals surface area contributed by atoms with Crippen molar-refractivity contribution >= 4 is 35.0 Å². The van der Waals surface area contributed by atoms with E-state index in [0.29, 0.717) is 20.2 Å². The molecule has 2 amide bonds. The third-order valence-electron chi connectivity index (χ3n) is 5.43. The maximum Gasteiger partial charge on any atom is 0.416 e. The van der Waals surface area contributed by atoms with Crippen LogP contribution in [0.15, 0.2) is 53.3 Å². The van der Waals surface area contributed by atoms with Crippen LogP contribution in [-0.2, 0) is 17.9 Å². The molecule has 198 valence electrons. The zero-order valence-electron chi connectivity index (χ0n) is 19.1. The SMILES string of the molecule is NC(=O)NCC(CC(=O)Cn1nc(-c2ccc(Cl)cc2)n(C[C@H](O)C(F)(F)F)c1=O)c1ccccc1Cl. The first kappa shape index (κ1) is 28.2. The minimum atomic E-state index is -4.98. The van der Waals surface area contributed by atoms with Crippen LogP contribution in [0.25, 0.3) is 11.4 Å². The predicted molar refractivity (Wildman–Crippen MR) is 130 cm³/mol. The van der Waals surface area contributed by atoms with Gasteiger partial charge in [-0.3, -0.25) is 9.36 Å². The fourth-order valence-corrected chi connectivity index (χ4v) is 4.04. The van der Waals surface area contributed by atoms with E-state index < -0.39 is 48.8 Å². The number of Topliss-reactive ketones (excluding diaryl/α,β-unsaturated/α-hetero) is 1. The van der Waals surface area contributed by atoms with Crippen molar-refractivity contribution < 1.29 is 27.9 Å². The van der Waals surface area contributed by atoms with E-state index >= 15 is 0 Å². The average Bonchev–Trinajstić information content (AvgIpc) is 3.11. The third-order valence-corrected chi connectivity index (χ3v) is 6.02. The number of primary amides is 1. The molecule has 0 radical (unpaired) electrons. The van der Waals surface area contributed by atoms with Crippen molar-refractivity contribution in [3.8, 4) is 11.4 Å². The third kappa shape index (κ3) is 7.34. The number of halogens is 5. The van der Waals surface area contributed by atoms with Crippen molar-refractivity contribution in [2.75, 3.05) is 6.54 Å². The molecule has 0 aliphatic carbocycles. The van der Waals surface area contributed by atoms with Gasteiger partial charge in [0.05, 0.1) is 6.54 Å². The molecular formula is C23H22Cl2F3N5O4. The Bertz CT molecular complexity index is 1330. The number of rotatable bonds is 10. The summed E-state index contributed by atoms with van der Waals surface area (Å²) in [5.41, 5.74) is 4.93. The zero-order chi connectivity index (χ0) is 27.3. The average molecular weight is 560 g/mol. The molecule has 0 fully saturated rings. The first-order valence-electron chi connectivity index (χ1n) is 10.8. The second-order valence-corrected chi connectivity index (χ2v) is 8.99. The number of hydrogen-bond donors (Lipinski definition) is 3. The minimum absolute atomic E-state index is 0.0258. The van der Waals surface area contributed by atoms with Gasteiger partial charge in [-0.2, -0.15) is 13.2 Å². The van der Waals surface area contributed by atoms with E-state index in [4.69, 9.17) is 28.9 Å². The Morgan fingerprint density at radius 1 is 1.11 bits per heavy atom. The molecule has 9 nitrogen and oxygen atoms in total. The summed E-state index contributed by atoms with van der Waals surface area (Å²) in [6, 6.07) is 11.6. The Hall–Kier alpha value is -3.35. The number of carbonyl (C=O) groups is 2. The Kier molecular flexibility index (Phi) is 9.00. The second-order valence-electron chi connectivity index (χ2n) is 8.15. The van der Waals surface area contributed by atoms with Crippen LogP contribution in [0.5, 0.6) is 0 Å². The van der Waals surface area contributed by atoms with Crippen LogP contribution in [0, 0.1) is 0 Å². The van der Waals surface area contributed by atoms with E-state index in [0.717, 1.165) is 4.68 Å². The molecule has 0 spiro atoms. The number of carbonyl (C=O) groups excluding carboxylic acids is 2. The first-order chi connectivity index (χ1) is 17.4. The van der Waals surface area contributed by atoms with E-state index in [1.807, 2.05) is 0 Å². The lowest BCUT2D eigenvalue weighted by Gasteiger charge is -2.18. The van der Waals surface area contributed by atoms with Gasteiger partial charge in [0.25, 0.3) is 0 Å². The molecular weight excluding hydrogens is 538 g/mol. The van der Waals surface area contributed by atoms with Gasteiger partial charge in [0, 0.05) is 34.5 Å². The number of urea groups is 1. The maximum absolute atomic E-state index is 13.0. The molecule has 3 rings (SSSR count). The highest BCUT2D eigenvalue weighted by Crippen LogP contribution is 2.27. The highest BCUT2D eigenvalue weighted by Gasteiger charge is 2.39. The van der Waals surface area contributed by atoms with Gasteiger partial charge < -0.3 is 16.2 Å². The van der Waals surface area contributed by atoms with Crippen molar-refractivity contribution in [3.05, 3.63) is 74.6 Å². The molecule has 37 heavy (non-hydrogen) atoms. The molecule has 1 unspecified atom stereocenters. The number of benzene rings is 2. The van der Waals surface area contributed by atoms with Gasteiger partial charge in [-0.15, -0.1) is 5.10 Å². The van der Waals surface area contributed by atoms with Crippen LogP contribution >= 0.6 is 23.2 Å². The monoisotopic (exact) mass is 559 g/mol. The van der Waals surface area contributed by atoms with Crippen molar-refractivity contribution in [1.29, 1.82) is 0 Å². The highest BCUT2D eigenvalue weighted by molar-refractivity contribution is 6.31. The van der Waals surface area contributed by atoms with Gasteiger partial charge >= 0.3 is 17.9 Å². The van der Waals surface area contributed by atoms with Crippen LogP contribution in [0.1, 0.15) is 17.9 Å². The fourth-order valence-electron chi connectivity index (χ4n) is 3.63. The number of amides is 2. The molecule has 4 N–H and O–H groups in total. The number of aromatic nitrogens is 3. The lowest BCUT2D eigenvalue weighted by atomic mass is 9.93. The molecule has 3 aromatic rings. The number of ketones is 1. The first-order valence-corrected chi connectivity index (χ1v) is 11.6. The summed E-state index contributed by atoms with van der Waals surface area (Å²) >= 11 is 12.1. The van der Waals surface area contributed by atoms with Gasteiger partial charge in [-0.05, 0) is 35.9 Å². The predicted octanol–water partition coefficient (Wildman–Crippen LogP) is 3.35. The minimum Gasteiger partial charge on any atom is -0.382 e. The molecule has 1 aromatic heterocycles. The Morgan fingerprint density at radius 2 is 1.76 bits per heavy atom.